The maximum Gasteiger partial charge on any atom is 0.235 e. The predicted molar refractivity (Wildman–Crippen MR) is 95.2 cm³/mol. The number of nitrogens with zero attached hydrogens (tertiary/aromatic N) is 2. The monoisotopic (exact) mass is 338 g/mol. The van der Waals surface area contributed by atoms with Crippen LogP contribution in [-0.2, 0) is 11.2 Å². The number of thiazole rings is 1. The number of imidazole rings is 1. The van der Waals surface area contributed by atoms with Crippen LogP contribution in [0.25, 0.3) is 10.4 Å². The molecule has 2 heterocycles. The Morgan fingerprint density at radius 1 is 1.38 bits per heavy atom. The molecule has 0 bridgehead atoms. The van der Waals surface area contributed by atoms with E-state index in [1.54, 1.807) is 6.33 Å². The summed E-state index contributed by atoms with van der Waals surface area (Å²) >= 11 is 1.50. The second-order valence-corrected chi connectivity index (χ2v) is 7.13. The molecule has 1 amide bonds. The fourth-order valence-electron chi connectivity index (χ4n) is 3.16. The van der Waals surface area contributed by atoms with Gasteiger partial charge in [0.2, 0.25) is 5.91 Å². The van der Waals surface area contributed by atoms with Gasteiger partial charge in [-0.05, 0) is 31.7 Å². The summed E-state index contributed by atoms with van der Waals surface area (Å²) in [5.41, 5.74) is 4.30. The van der Waals surface area contributed by atoms with Crippen LogP contribution in [-0.4, -0.2) is 20.9 Å². The molecule has 122 valence electrons. The van der Waals surface area contributed by atoms with E-state index in [-0.39, 0.29) is 11.8 Å². The summed E-state index contributed by atoms with van der Waals surface area (Å²) < 4.78 is 0. The Hall–Kier alpha value is -2.47. The van der Waals surface area contributed by atoms with Gasteiger partial charge in [-0.15, -0.1) is 0 Å². The van der Waals surface area contributed by atoms with Gasteiger partial charge in [0.15, 0.2) is 5.13 Å². The van der Waals surface area contributed by atoms with E-state index in [9.17, 15) is 4.79 Å². The lowest BCUT2D eigenvalue weighted by atomic mass is 9.89. The topological polar surface area (TPSA) is 70.7 Å². The van der Waals surface area contributed by atoms with Gasteiger partial charge in [0.25, 0.3) is 0 Å². The van der Waals surface area contributed by atoms with Crippen LogP contribution >= 0.6 is 11.3 Å². The van der Waals surface area contributed by atoms with Gasteiger partial charge >= 0.3 is 0 Å². The van der Waals surface area contributed by atoms with E-state index in [0.29, 0.717) is 5.13 Å². The largest absolute Gasteiger partial charge is 0.348 e. The molecule has 1 atom stereocenters. The molecule has 24 heavy (non-hydrogen) atoms. The summed E-state index contributed by atoms with van der Waals surface area (Å²) in [5, 5.41) is 3.60. The first-order valence-electron chi connectivity index (χ1n) is 8.06. The summed E-state index contributed by atoms with van der Waals surface area (Å²) in [6.07, 6.45) is 6.29. The Bertz CT molecular complexity index is 883. The maximum absolute atomic E-state index is 12.6. The Morgan fingerprint density at radius 2 is 2.29 bits per heavy atom. The second kappa shape index (κ2) is 6.20. The van der Waals surface area contributed by atoms with Crippen LogP contribution in [0.2, 0.25) is 0 Å². The number of hydrogen-bond acceptors (Lipinski definition) is 4. The highest BCUT2D eigenvalue weighted by Crippen LogP contribution is 2.33. The molecule has 2 N–H and O–H groups in total. The van der Waals surface area contributed by atoms with Gasteiger partial charge in [-0.25, -0.2) is 9.97 Å². The van der Waals surface area contributed by atoms with Crippen LogP contribution in [0.3, 0.4) is 0 Å². The van der Waals surface area contributed by atoms with Crippen molar-refractivity contribution in [2.45, 2.75) is 32.1 Å². The van der Waals surface area contributed by atoms with Gasteiger partial charge in [0.1, 0.15) is 0 Å². The number of amides is 1. The Morgan fingerprint density at radius 3 is 3.17 bits per heavy atom. The van der Waals surface area contributed by atoms with Crippen molar-refractivity contribution in [1.82, 2.24) is 15.0 Å². The molecule has 6 heteroatoms. The number of aryl methyl sites for hydroxylation is 2. The zero-order chi connectivity index (χ0) is 16.5. The molecule has 3 aromatic rings. The van der Waals surface area contributed by atoms with Gasteiger partial charge in [-0.3, -0.25) is 4.79 Å². The SMILES string of the molecule is Cc1cccc(-c2cnc(NC(=O)C3CCCc4[nH]cnc43)s2)c1. The number of hydrogen-bond donors (Lipinski definition) is 2. The molecular formula is C18H18N4OS. The minimum atomic E-state index is -0.189. The quantitative estimate of drug-likeness (QED) is 0.761. The van der Waals surface area contributed by atoms with Gasteiger partial charge in [0, 0.05) is 11.9 Å². The molecule has 4 rings (SSSR count). The number of aromatic amines is 1. The molecule has 1 aliphatic rings. The number of carbonyl (C=O) groups is 1. The van der Waals surface area contributed by atoms with Crippen molar-refractivity contribution in [2.75, 3.05) is 5.32 Å². The smallest absolute Gasteiger partial charge is 0.235 e. The number of benzene rings is 1. The highest BCUT2D eigenvalue weighted by molar-refractivity contribution is 7.19. The Kier molecular flexibility index (Phi) is 3.90. The van der Waals surface area contributed by atoms with Crippen LogP contribution in [0.4, 0.5) is 5.13 Å². The van der Waals surface area contributed by atoms with Crippen molar-refractivity contribution in [3.63, 3.8) is 0 Å². The summed E-state index contributed by atoms with van der Waals surface area (Å²) in [6.45, 7) is 2.07. The van der Waals surface area contributed by atoms with Crippen LogP contribution in [0.1, 0.15) is 35.7 Å². The molecule has 1 aromatic carbocycles. The van der Waals surface area contributed by atoms with Crippen molar-refractivity contribution in [1.29, 1.82) is 0 Å². The van der Waals surface area contributed by atoms with E-state index in [1.165, 1.54) is 16.9 Å². The molecule has 0 spiro atoms. The first-order valence-corrected chi connectivity index (χ1v) is 8.88. The number of carbonyl (C=O) groups excluding carboxylic acids is 1. The molecule has 0 radical (unpaired) electrons. The van der Waals surface area contributed by atoms with E-state index < -0.39 is 0 Å². The Labute approximate surface area is 144 Å². The van der Waals surface area contributed by atoms with E-state index in [1.807, 2.05) is 12.3 Å². The van der Waals surface area contributed by atoms with Crippen molar-refractivity contribution >= 4 is 22.4 Å². The molecule has 5 nitrogen and oxygen atoms in total. The fourth-order valence-corrected chi connectivity index (χ4v) is 3.98. The first-order chi connectivity index (χ1) is 11.7. The summed E-state index contributed by atoms with van der Waals surface area (Å²) in [5.74, 6) is -0.209. The minimum Gasteiger partial charge on any atom is -0.348 e. The highest BCUT2D eigenvalue weighted by atomic mass is 32.1. The first kappa shape index (κ1) is 15.1. The maximum atomic E-state index is 12.6. The lowest BCUT2D eigenvalue weighted by molar-refractivity contribution is -0.118. The molecule has 0 fully saturated rings. The van der Waals surface area contributed by atoms with Crippen molar-refractivity contribution in [3.8, 4) is 10.4 Å². The number of rotatable bonds is 3. The van der Waals surface area contributed by atoms with Crippen LogP contribution in [0.15, 0.2) is 36.8 Å². The standard InChI is InChI=1S/C18H18N4OS/c1-11-4-2-5-12(8-11)15-9-19-18(24-15)22-17(23)13-6-3-7-14-16(13)21-10-20-14/h2,4-5,8-10,13H,3,6-7H2,1H3,(H,20,21)(H,19,22,23). The molecular weight excluding hydrogens is 320 g/mol. The third kappa shape index (κ3) is 2.85. The third-order valence-electron chi connectivity index (χ3n) is 4.36. The van der Waals surface area contributed by atoms with Crippen LogP contribution < -0.4 is 5.32 Å². The van der Waals surface area contributed by atoms with Gasteiger partial charge in [-0.1, -0.05) is 41.2 Å². The van der Waals surface area contributed by atoms with E-state index in [2.05, 4.69) is 45.4 Å². The number of nitrogens with one attached hydrogen (secondary N) is 2. The van der Waals surface area contributed by atoms with Gasteiger partial charge in [0.05, 0.1) is 22.8 Å². The highest BCUT2D eigenvalue weighted by Gasteiger charge is 2.29. The number of fused-ring (bicyclic) bond motifs is 1. The average Bonchev–Trinajstić information content (AvgIpc) is 3.23. The van der Waals surface area contributed by atoms with E-state index >= 15 is 0 Å². The molecule has 0 saturated carbocycles. The van der Waals surface area contributed by atoms with Crippen molar-refractivity contribution < 1.29 is 4.79 Å². The lowest BCUT2D eigenvalue weighted by Gasteiger charge is -2.19. The van der Waals surface area contributed by atoms with Crippen LogP contribution in [0, 0.1) is 6.92 Å². The minimum absolute atomic E-state index is 0.0202. The summed E-state index contributed by atoms with van der Waals surface area (Å²) in [6, 6.07) is 8.28. The fraction of sp³-hybridized carbons (Fsp3) is 0.278. The molecule has 1 aliphatic carbocycles. The number of aromatic nitrogens is 3. The predicted octanol–water partition coefficient (Wildman–Crippen LogP) is 3.90. The molecule has 2 aromatic heterocycles. The lowest BCUT2D eigenvalue weighted by Crippen LogP contribution is -2.24. The summed E-state index contributed by atoms with van der Waals surface area (Å²) in [7, 11) is 0. The van der Waals surface area contributed by atoms with Gasteiger partial charge < -0.3 is 10.3 Å². The zero-order valence-corrected chi connectivity index (χ0v) is 14.2. The molecule has 0 aliphatic heterocycles. The third-order valence-corrected chi connectivity index (χ3v) is 5.32. The van der Waals surface area contributed by atoms with Crippen molar-refractivity contribution in [2.24, 2.45) is 0 Å². The van der Waals surface area contributed by atoms with E-state index in [0.717, 1.165) is 41.1 Å². The van der Waals surface area contributed by atoms with Gasteiger partial charge in [-0.2, -0.15) is 0 Å². The van der Waals surface area contributed by atoms with Crippen molar-refractivity contribution in [3.05, 3.63) is 53.7 Å². The molecule has 1 unspecified atom stereocenters. The normalized spacial score (nSPS) is 16.6. The number of anilines is 1. The molecule has 0 saturated heterocycles. The average molecular weight is 338 g/mol. The second-order valence-electron chi connectivity index (χ2n) is 6.10. The summed E-state index contributed by atoms with van der Waals surface area (Å²) in [4.78, 5) is 25.5. The number of H-pyrrole nitrogens is 1. The Balaban J connectivity index is 1.52. The zero-order valence-electron chi connectivity index (χ0n) is 13.4. The van der Waals surface area contributed by atoms with E-state index in [4.69, 9.17) is 0 Å². The van der Waals surface area contributed by atoms with Crippen LogP contribution in [0.5, 0.6) is 0 Å².